The second-order valence-corrected chi connectivity index (χ2v) is 7.92. The smallest absolute Gasteiger partial charge is 0.224 e. The van der Waals surface area contributed by atoms with Gasteiger partial charge in [-0.1, -0.05) is 18.2 Å². The lowest BCUT2D eigenvalue weighted by atomic mass is 10.0. The molecular formula is C24H33N3O3. The van der Waals surface area contributed by atoms with Crippen LogP contribution in [0.3, 0.4) is 0 Å². The number of hydrogen-bond acceptors (Lipinski definition) is 5. The molecule has 2 aromatic rings. The van der Waals surface area contributed by atoms with E-state index in [0.717, 1.165) is 18.7 Å². The van der Waals surface area contributed by atoms with Gasteiger partial charge in [0.25, 0.3) is 0 Å². The topological polar surface area (TPSA) is 54.0 Å². The third-order valence-electron chi connectivity index (χ3n) is 5.68. The molecule has 1 unspecified atom stereocenters. The van der Waals surface area contributed by atoms with Crippen molar-refractivity contribution < 1.29 is 14.3 Å². The number of carbonyl (C=O) groups excluding carboxylic acids is 1. The number of benzene rings is 2. The average molecular weight is 412 g/mol. The van der Waals surface area contributed by atoms with Crippen molar-refractivity contribution in [1.29, 1.82) is 0 Å². The molecule has 0 bridgehead atoms. The van der Waals surface area contributed by atoms with Gasteiger partial charge in [0, 0.05) is 26.3 Å². The molecule has 0 spiro atoms. The summed E-state index contributed by atoms with van der Waals surface area (Å²) in [6.07, 6.45) is 2.74. The molecule has 2 aromatic carbocycles. The van der Waals surface area contributed by atoms with Crippen LogP contribution in [-0.4, -0.2) is 58.8 Å². The van der Waals surface area contributed by atoms with Crippen LogP contribution in [0.25, 0.3) is 0 Å². The molecule has 0 aliphatic carbocycles. The van der Waals surface area contributed by atoms with Crippen LogP contribution in [0.4, 0.5) is 5.69 Å². The van der Waals surface area contributed by atoms with Crippen LogP contribution in [0.1, 0.15) is 30.0 Å². The van der Waals surface area contributed by atoms with E-state index in [2.05, 4.69) is 39.4 Å². The zero-order valence-corrected chi connectivity index (χ0v) is 18.5. The van der Waals surface area contributed by atoms with E-state index < -0.39 is 0 Å². The van der Waals surface area contributed by atoms with Gasteiger partial charge in [0.15, 0.2) is 11.5 Å². The third kappa shape index (κ3) is 5.45. The molecule has 1 amide bonds. The predicted octanol–water partition coefficient (Wildman–Crippen LogP) is 3.27. The van der Waals surface area contributed by atoms with Gasteiger partial charge in [0.2, 0.25) is 5.91 Å². The Hall–Kier alpha value is -2.73. The van der Waals surface area contributed by atoms with E-state index in [0.29, 0.717) is 24.5 Å². The van der Waals surface area contributed by atoms with Crippen molar-refractivity contribution in [3.63, 3.8) is 0 Å². The highest BCUT2D eigenvalue weighted by atomic mass is 16.5. The second-order valence-electron chi connectivity index (χ2n) is 7.92. The summed E-state index contributed by atoms with van der Waals surface area (Å²) < 4.78 is 10.6. The Labute approximate surface area is 179 Å². The Morgan fingerprint density at radius 3 is 2.30 bits per heavy atom. The summed E-state index contributed by atoms with van der Waals surface area (Å²) >= 11 is 0. The van der Waals surface area contributed by atoms with Crippen LogP contribution in [0.15, 0.2) is 42.5 Å². The van der Waals surface area contributed by atoms with Gasteiger partial charge < -0.3 is 19.7 Å². The standard InChI is InChI=1S/C24H33N3O3/c1-26(2)20-10-8-19(9-11-20)21(27-13-5-6-14-27)17-25-24(28)16-18-7-12-22(29-3)23(15-18)30-4/h7-12,15,21H,5-6,13-14,16-17H2,1-4H3,(H,25,28). The molecule has 3 rings (SSSR count). The molecule has 1 aliphatic rings. The molecule has 0 aromatic heterocycles. The van der Waals surface area contributed by atoms with Gasteiger partial charge in [0.1, 0.15) is 0 Å². The second kappa shape index (κ2) is 10.3. The fourth-order valence-electron chi connectivity index (χ4n) is 3.95. The van der Waals surface area contributed by atoms with Gasteiger partial charge in [-0.3, -0.25) is 9.69 Å². The summed E-state index contributed by atoms with van der Waals surface area (Å²) in [4.78, 5) is 17.2. The molecule has 1 heterocycles. The number of rotatable bonds is 9. The van der Waals surface area contributed by atoms with Crippen molar-refractivity contribution in [3.8, 4) is 11.5 Å². The van der Waals surface area contributed by atoms with Gasteiger partial charge in [-0.15, -0.1) is 0 Å². The predicted molar refractivity (Wildman–Crippen MR) is 121 cm³/mol. The Kier molecular flexibility index (Phi) is 7.57. The summed E-state index contributed by atoms with van der Waals surface area (Å²) in [5.74, 6) is 1.31. The van der Waals surface area contributed by atoms with Crippen molar-refractivity contribution in [3.05, 3.63) is 53.6 Å². The summed E-state index contributed by atoms with van der Waals surface area (Å²) in [7, 11) is 7.29. The summed E-state index contributed by atoms with van der Waals surface area (Å²) in [6, 6.07) is 14.4. The van der Waals surface area contributed by atoms with E-state index in [1.165, 1.54) is 24.1 Å². The first-order chi connectivity index (χ1) is 14.5. The highest BCUT2D eigenvalue weighted by molar-refractivity contribution is 5.78. The molecule has 0 radical (unpaired) electrons. The van der Waals surface area contributed by atoms with E-state index in [9.17, 15) is 4.79 Å². The number of likely N-dealkylation sites (tertiary alicyclic amines) is 1. The van der Waals surface area contributed by atoms with E-state index in [4.69, 9.17) is 9.47 Å². The lowest BCUT2D eigenvalue weighted by molar-refractivity contribution is -0.120. The first kappa shape index (κ1) is 22.0. The zero-order chi connectivity index (χ0) is 21.5. The average Bonchev–Trinajstić information content (AvgIpc) is 3.28. The fraction of sp³-hybridized carbons (Fsp3) is 0.458. The molecule has 1 saturated heterocycles. The minimum Gasteiger partial charge on any atom is -0.493 e. The van der Waals surface area contributed by atoms with Crippen LogP contribution in [0, 0.1) is 0 Å². The van der Waals surface area contributed by atoms with Crippen molar-refractivity contribution >= 4 is 11.6 Å². The number of ether oxygens (including phenoxy) is 2. The molecular weight excluding hydrogens is 378 g/mol. The molecule has 1 N–H and O–H groups in total. The maximum absolute atomic E-state index is 12.7. The molecule has 1 atom stereocenters. The highest BCUT2D eigenvalue weighted by Crippen LogP contribution is 2.28. The first-order valence-corrected chi connectivity index (χ1v) is 10.5. The molecule has 0 saturated carbocycles. The molecule has 162 valence electrons. The van der Waals surface area contributed by atoms with Gasteiger partial charge in [-0.25, -0.2) is 0 Å². The van der Waals surface area contributed by atoms with Crippen molar-refractivity contribution in [2.75, 3.05) is 52.8 Å². The largest absolute Gasteiger partial charge is 0.493 e. The SMILES string of the molecule is COc1ccc(CC(=O)NCC(c2ccc(N(C)C)cc2)N2CCCC2)cc1OC. The number of hydrogen-bond donors (Lipinski definition) is 1. The van der Waals surface area contributed by atoms with Gasteiger partial charge >= 0.3 is 0 Å². The number of anilines is 1. The number of carbonyl (C=O) groups is 1. The van der Waals surface area contributed by atoms with Crippen LogP contribution < -0.4 is 19.7 Å². The third-order valence-corrected chi connectivity index (χ3v) is 5.68. The molecule has 1 aliphatic heterocycles. The quantitative estimate of drug-likeness (QED) is 0.686. The highest BCUT2D eigenvalue weighted by Gasteiger charge is 2.24. The monoisotopic (exact) mass is 411 g/mol. The first-order valence-electron chi connectivity index (χ1n) is 10.5. The Morgan fingerprint density at radius 1 is 1.03 bits per heavy atom. The van der Waals surface area contributed by atoms with Crippen LogP contribution in [-0.2, 0) is 11.2 Å². The Bertz CT molecular complexity index is 830. The van der Waals surface area contributed by atoms with Crippen molar-refractivity contribution in [2.45, 2.75) is 25.3 Å². The summed E-state index contributed by atoms with van der Waals surface area (Å²) in [6.45, 7) is 2.75. The van der Waals surface area contributed by atoms with Gasteiger partial charge in [-0.2, -0.15) is 0 Å². The summed E-state index contributed by atoms with van der Waals surface area (Å²) in [5, 5.41) is 3.15. The van der Waals surface area contributed by atoms with E-state index in [1.54, 1.807) is 14.2 Å². The van der Waals surface area contributed by atoms with Crippen LogP contribution in [0.2, 0.25) is 0 Å². The minimum atomic E-state index is 0.0105. The lowest BCUT2D eigenvalue weighted by Gasteiger charge is -2.28. The molecule has 1 fully saturated rings. The fourth-order valence-corrected chi connectivity index (χ4v) is 3.95. The number of amides is 1. The van der Waals surface area contributed by atoms with E-state index in [-0.39, 0.29) is 11.9 Å². The van der Waals surface area contributed by atoms with Crippen LogP contribution in [0.5, 0.6) is 11.5 Å². The Morgan fingerprint density at radius 2 is 1.70 bits per heavy atom. The van der Waals surface area contributed by atoms with Crippen molar-refractivity contribution in [1.82, 2.24) is 10.2 Å². The van der Waals surface area contributed by atoms with Gasteiger partial charge in [0.05, 0.1) is 26.7 Å². The molecule has 6 heteroatoms. The maximum Gasteiger partial charge on any atom is 0.224 e. The molecule has 6 nitrogen and oxygen atoms in total. The maximum atomic E-state index is 12.7. The van der Waals surface area contributed by atoms with Gasteiger partial charge in [-0.05, 0) is 61.3 Å². The number of nitrogens with zero attached hydrogens (tertiary/aromatic N) is 2. The van der Waals surface area contributed by atoms with E-state index in [1.807, 2.05) is 32.3 Å². The summed E-state index contributed by atoms with van der Waals surface area (Å²) in [5.41, 5.74) is 3.32. The molecule has 30 heavy (non-hydrogen) atoms. The lowest BCUT2D eigenvalue weighted by Crippen LogP contribution is -2.37. The Balaban J connectivity index is 1.65. The normalized spacial score (nSPS) is 14.9. The van der Waals surface area contributed by atoms with Crippen molar-refractivity contribution in [2.24, 2.45) is 0 Å². The van der Waals surface area contributed by atoms with Crippen LogP contribution >= 0.6 is 0 Å². The minimum absolute atomic E-state index is 0.0105. The number of methoxy groups -OCH3 is 2. The van der Waals surface area contributed by atoms with E-state index >= 15 is 0 Å². The zero-order valence-electron chi connectivity index (χ0n) is 18.5. The number of nitrogens with one attached hydrogen (secondary N) is 1.